The van der Waals surface area contributed by atoms with Crippen LogP contribution in [0.2, 0.25) is 0 Å². The summed E-state index contributed by atoms with van der Waals surface area (Å²) in [6.07, 6.45) is 0. The monoisotopic (exact) mass is 346 g/mol. The first-order valence-electron chi connectivity index (χ1n) is 7.88. The molecule has 6 nitrogen and oxygen atoms in total. The first-order valence-corrected chi connectivity index (χ1v) is 7.88. The number of halogens is 1. The number of hydrogen-bond donors (Lipinski definition) is 1. The second-order valence-electron chi connectivity index (χ2n) is 5.58. The Balaban J connectivity index is 1.39. The molecule has 132 valence electrons. The molecule has 0 spiro atoms. The van der Waals surface area contributed by atoms with Gasteiger partial charge in [0, 0.05) is 19.7 Å². The lowest BCUT2D eigenvalue weighted by Gasteiger charge is -2.18. The molecule has 0 saturated carbocycles. The molecule has 3 rings (SSSR count). The van der Waals surface area contributed by atoms with Crippen LogP contribution in [0.25, 0.3) is 0 Å². The molecule has 1 aliphatic heterocycles. The van der Waals surface area contributed by atoms with Crippen LogP contribution in [0.3, 0.4) is 0 Å². The van der Waals surface area contributed by atoms with Crippen LogP contribution >= 0.6 is 0 Å². The van der Waals surface area contributed by atoms with Crippen LogP contribution in [0.4, 0.5) is 9.18 Å². The normalized spacial score (nSPS) is 11.9. The van der Waals surface area contributed by atoms with Gasteiger partial charge < -0.3 is 24.4 Å². The fraction of sp³-hybridized carbons (Fsp3) is 0.278. The van der Waals surface area contributed by atoms with Crippen molar-refractivity contribution in [3.05, 3.63) is 53.8 Å². The second kappa shape index (κ2) is 7.74. The Morgan fingerprint density at radius 3 is 2.76 bits per heavy atom. The van der Waals surface area contributed by atoms with Crippen molar-refractivity contribution in [1.29, 1.82) is 0 Å². The van der Waals surface area contributed by atoms with E-state index in [-0.39, 0.29) is 18.6 Å². The highest BCUT2D eigenvalue weighted by Crippen LogP contribution is 2.34. The van der Waals surface area contributed by atoms with E-state index in [1.165, 1.54) is 17.0 Å². The average Bonchev–Trinajstić information content (AvgIpc) is 3.08. The first kappa shape index (κ1) is 16.9. The molecular weight excluding hydrogens is 327 g/mol. The third-order valence-corrected chi connectivity index (χ3v) is 3.67. The smallest absolute Gasteiger partial charge is 0.317 e. The molecule has 2 aromatic carbocycles. The molecule has 0 radical (unpaired) electrons. The lowest BCUT2D eigenvalue weighted by Crippen LogP contribution is -2.38. The largest absolute Gasteiger partial charge is 0.492 e. The predicted octanol–water partition coefficient (Wildman–Crippen LogP) is 2.77. The minimum absolute atomic E-state index is 0.217. The summed E-state index contributed by atoms with van der Waals surface area (Å²) in [6.45, 7) is 1.31. The summed E-state index contributed by atoms with van der Waals surface area (Å²) in [6, 6.07) is 11.2. The highest BCUT2D eigenvalue weighted by molar-refractivity contribution is 5.73. The Morgan fingerprint density at radius 2 is 1.96 bits per heavy atom. The molecule has 1 N–H and O–H groups in total. The molecular formula is C18H19FN2O4. The van der Waals surface area contributed by atoms with Crippen LogP contribution in [0, 0.1) is 5.82 Å². The van der Waals surface area contributed by atoms with E-state index in [0.29, 0.717) is 36.9 Å². The molecule has 0 aliphatic carbocycles. The maximum absolute atomic E-state index is 12.9. The van der Waals surface area contributed by atoms with E-state index in [2.05, 4.69) is 5.32 Å². The fourth-order valence-corrected chi connectivity index (χ4v) is 2.36. The molecule has 0 atom stereocenters. The molecule has 0 fully saturated rings. The SMILES string of the molecule is CN(Cc1ccc(F)cc1)C(=O)NCCOc1ccc2c(c1)OCO2. The fourth-order valence-electron chi connectivity index (χ4n) is 2.36. The number of nitrogens with zero attached hydrogens (tertiary/aromatic N) is 1. The second-order valence-corrected chi connectivity index (χ2v) is 5.58. The van der Waals surface area contributed by atoms with Gasteiger partial charge in [0.05, 0.1) is 6.54 Å². The molecule has 2 aromatic rings. The zero-order valence-corrected chi connectivity index (χ0v) is 13.8. The zero-order valence-electron chi connectivity index (χ0n) is 13.8. The Labute approximate surface area is 145 Å². The summed E-state index contributed by atoms with van der Waals surface area (Å²) in [5, 5.41) is 2.77. The van der Waals surface area contributed by atoms with E-state index in [1.54, 1.807) is 37.4 Å². The molecule has 0 aromatic heterocycles. The van der Waals surface area contributed by atoms with Crippen molar-refractivity contribution in [3.8, 4) is 17.2 Å². The topological polar surface area (TPSA) is 60.0 Å². The van der Waals surface area contributed by atoms with Gasteiger partial charge in [-0.2, -0.15) is 0 Å². The summed E-state index contributed by atoms with van der Waals surface area (Å²) >= 11 is 0. The summed E-state index contributed by atoms with van der Waals surface area (Å²) < 4.78 is 29.0. The number of carbonyl (C=O) groups excluding carboxylic acids is 1. The van der Waals surface area contributed by atoms with Gasteiger partial charge in [0.25, 0.3) is 0 Å². The number of rotatable bonds is 6. The van der Waals surface area contributed by atoms with Gasteiger partial charge in [-0.15, -0.1) is 0 Å². The van der Waals surface area contributed by atoms with E-state index in [0.717, 1.165) is 5.56 Å². The molecule has 7 heteroatoms. The highest BCUT2D eigenvalue weighted by atomic mass is 19.1. The molecule has 1 heterocycles. The van der Waals surface area contributed by atoms with Gasteiger partial charge in [-0.05, 0) is 29.8 Å². The Hall–Kier alpha value is -2.96. The van der Waals surface area contributed by atoms with E-state index in [1.807, 2.05) is 0 Å². The lowest BCUT2D eigenvalue weighted by molar-refractivity contribution is 0.173. The summed E-state index contributed by atoms with van der Waals surface area (Å²) in [5.41, 5.74) is 0.857. The summed E-state index contributed by atoms with van der Waals surface area (Å²) in [5.74, 6) is 1.71. The van der Waals surface area contributed by atoms with E-state index < -0.39 is 0 Å². The first-order chi connectivity index (χ1) is 12.1. The van der Waals surface area contributed by atoms with Crippen LogP contribution in [-0.2, 0) is 6.54 Å². The van der Waals surface area contributed by atoms with Crippen molar-refractivity contribution in [3.63, 3.8) is 0 Å². The van der Waals surface area contributed by atoms with E-state index >= 15 is 0 Å². The number of benzene rings is 2. The molecule has 25 heavy (non-hydrogen) atoms. The minimum atomic E-state index is -0.295. The number of nitrogens with one attached hydrogen (secondary N) is 1. The van der Waals surface area contributed by atoms with Gasteiger partial charge in [0.2, 0.25) is 6.79 Å². The Bertz CT molecular complexity index is 736. The average molecular weight is 346 g/mol. The Kier molecular flexibility index (Phi) is 5.23. The Morgan fingerprint density at radius 1 is 1.20 bits per heavy atom. The van der Waals surface area contributed by atoms with Gasteiger partial charge in [0.15, 0.2) is 11.5 Å². The van der Waals surface area contributed by atoms with E-state index in [4.69, 9.17) is 14.2 Å². The highest BCUT2D eigenvalue weighted by Gasteiger charge is 2.14. The number of urea groups is 1. The van der Waals surface area contributed by atoms with Crippen LogP contribution in [0.5, 0.6) is 17.2 Å². The number of hydrogen-bond acceptors (Lipinski definition) is 4. The van der Waals surface area contributed by atoms with Crippen molar-refractivity contribution < 1.29 is 23.4 Å². The maximum Gasteiger partial charge on any atom is 0.317 e. The van der Waals surface area contributed by atoms with Gasteiger partial charge in [0.1, 0.15) is 18.2 Å². The number of amides is 2. The van der Waals surface area contributed by atoms with Crippen molar-refractivity contribution in [1.82, 2.24) is 10.2 Å². The third-order valence-electron chi connectivity index (χ3n) is 3.67. The molecule has 0 saturated heterocycles. The summed E-state index contributed by atoms with van der Waals surface area (Å²) in [7, 11) is 1.68. The minimum Gasteiger partial charge on any atom is -0.492 e. The van der Waals surface area contributed by atoms with Crippen molar-refractivity contribution in [2.45, 2.75) is 6.54 Å². The third kappa shape index (κ3) is 4.53. The number of ether oxygens (including phenoxy) is 3. The molecule has 0 unspecified atom stereocenters. The van der Waals surface area contributed by atoms with Gasteiger partial charge in [-0.25, -0.2) is 9.18 Å². The van der Waals surface area contributed by atoms with Gasteiger partial charge >= 0.3 is 6.03 Å². The molecule has 1 aliphatic rings. The van der Waals surface area contributed by atoms with Gasteiger partial charge in [-0.3, -0.25) is 0 Å². The van der Waals surface area contributed by atoms with Crippen LogP contribution in [0.1, 0.15) is 5.56 Å². The standard InChI is InChI=1S/C18H19FN2O4/c1-21(11-13-2-4-14(19)5-3-13)18(22)20-8-9-23-15-6-7-16-17(10-15)25-12-24-16/h2-7,10H,8-9,11-12H2,1H3,(H,20,22). The van der Waals surface area contributed by atoms with Crippen LogP contribution in [-0.4, -0.2) is 37.9 Å². The maximum atomic E-state index is 12.9. The van der Waals surface area contributed by atoms with Crippen molar-refractivity contribution in [2.75, 3.05) is 27.0 Å². The predicted molar refractivity (Wildman–Crippen MR) is 89.3 cm³/mol. The molecule has 0 bridgehead atoms. The lowest BCUT2D eigenvalue weighted by atomic mass is 10.2. The number of carbonyl (C=O) groups is 1. The van der Waals surface area contributed by atoms with Crippen LogP contribution < -0.4 is 19.5 Å². The quantitative estimate of drug-likeness (QED) is 0.817. The number of fused-ring (bicyclic) bond motifs is 1. The van der Waals surface area contributed by atoms with E-state index in [9.17, 15) is 9.18 Å². The van der Waals surface area contributed by atoms with Gasteiger partial charge in [-0.1, -0.05) is 12.1 Å². The van der Waals surface area contributed by atoms with Crippen molar-refractivity contribution in [2.24, 2.45) is 0 Å². The molecule has 2 amide bonds. The van der Waals surface area contributed by atoms with Crippen LogP contribution in [0.15, 0.2) is 42.5 Å². The summed E-state index contributed by atoms with van der Waals surface area (Å²) in [4.78, 5) is 13.5. The zero-order chi connectivity index (χ0) is 17.6. The van der Waals surface area contributed by atoms with Crippen molar-refractivity contribution >= 4 is 6.03 Å².